The van der Waals surface area contributed by atoms with Crippen molar-refractivity contribution in [2.45, 2.75) is 84.5 Å². The summed E-state index contributed by atoms with van der Waals surface area (Å²) in [7, 11) is 0. The van der Waals surface area contributed by atoms with Gasteiger partial charge in [-0.3, -0.25) is 9.69 Å². The molecule has 1 amide bonds. The maximum absolute atomic E-state index is 13.6. The number of morpholine rings is 1. The molecule has 4 unspecified atom stereocenters. The summed E-state index contributed by atoms with van der Waals surface area (Å²) in [6.07, 6.45) is 8.31. The average molecular weight is 394 g/mol. The molecule has 3 saturated heterocycles. The molecule has 0 bridgehead atoms. The van der Waals surface area contributed by atoms with Gasteiger partial charge in [0.2, 0.25) is 5.91 Å². The monoisotopic (exact) mass is 393 g/mol. The van der Waals surface area contributed by atoms with Gasteiger partial charge >= 0.3 is 0 Å². The third-order valence-electron chi connectivity index (χ3n) is 6.77. The summed E-state index contributed by atoms with van der Waals surface area (Å²) >= 11 is 0. The Morgan fingerprint density at radius 2 is 1.57 bits per heavy atom. The number of carbonyl (C=O) groups is 1. The molecule has 3 rings (SSSR count). The van der Waals surface area contributed by atoms with Gasteiger partial charge in [-0.05, 0) is 64.5 Å². The van der Waals surface area contributed by atoms with Crippen LogP contribution < -0.4 is 0 Å². The van der Waals surface area contributed by atoms with Gasteiger partial charge in [-0.15, -0.1) is 0 Å². The largest absolute Gasteiger partial charge is 0.373 e. The second-order valence-electron chi connectivity index (χ2n) is 9.91. The lowest BCUT2D eigenvalue weighted by atomic mass is 9.94. The number of carbonyl (C=O) groups excluding carboxylic acids is 1. The van der Waals surface area contributed by atoms with Crippen molar-refractivity contribution < 1.29 is 9.53 Å². The molecule has 0 aromatic carbocycles. The molecule has 0 N–H and O–H groups in total. The number of ether oxygens (including phenoxy) is 1. The second-order valence-corrected chi connectivity index (χ2v) is 9.91. The van der Waals surface area contributed by atoms with E-state index in [1.165, 1.54) is 51.7 Å². The Labute approximate surface area is 172 Å². The molecule has 0 spiro atoms. The molecule has 5 nitrogen and oxygen atoms in total. The molecule has 162 valence electrons. The Hall–Kier alpha value is -0.650. The Kier molecular flexibility index (Phi) is 8.19. The van der Waals surface area contributed by atoms with Crippen molar-refractivity contribution in [3.63, 3.8) is 0 Å². The zero-order valence-corrected chi connectivity index (χ0v) is 18.7. The van der Waals surface area contributed by atoms with Crippen molar-refractivity contribution in [2.75, 3.05) is 45.8 Å². The molecular formula is C23H43N3O2. The van der Waals surface area contributed by atoms with E-state index in [4.69, 9.17) is 4.74 Å². The first-order valence-electron chi connectivity index (χ1n) is 11.8. The summed E-state index contributed by atoms with van der Waals surface area (Å²) in [6.45, 7) is 16.0. The first-order chi connectivity index (χ1) is 13.4. The molecule has 5 heteroatoms. The van der Waals surface area contributed by atoms with Crippen LogP contribution >= 0.6 is 0 Å². The van der Waals surface area contributed by atoms with Crippen molar-refractivity contribution in [1.82, 2.24) is 14.7 Å². The molecule has 0 aromatic heterocycles. The van der Waals surface area contributed by atoms with Crippen molar-refractivity contribution in [3.8, 4) is 0 Å². The van der Waals surface area contributed by atoms with Gasteiger partial charge in [0, 0.05) is 32.7 Å². The first kappa shape index (κ1) is 22.0. The van der Waals surface area contributed by atoms with E-state index in [-0.39, 0.29) is 18.2 Å². The van der Waals surface area contributed by atoms with Gasteiger partial charge in [0.25, 0.3) is 0 Å². The van der Waals surface area contributed by atoms with Gasteiger partial charge in [0.05, 0.1) is 18.2 Å². The summed E-state index contributed by atoms with van der Waals surface area (Å²) in [5, 5.41) is 0. The average Bonchev–Trinajstić information content (AvgIpc) is 2.89. The fourth-order valence-electron chi connectivity index (χ4n) is 5.59. The predicted octanol–water partition coefficient (Wildman–Crippen LogP) is 3.23. The zero-order chi connectivity index (χ0) is 20.1. The SMILES string of the molecule is CC1CN(C(C(=O)N2CCCC(CN3CCCCCC3)C2)C(C)C)CC(C)O1. The summed E-state index contributed by atoms with van der Waals surface area (Å²) in [5.74, 6) is 1.33. The number of rotatable bonds is 5. The highest BCUT2D eigenvalue weighted by Crippen LogP contribution is 2.24. The Morgan fingerprint density at radius 3 is 2.18 bits per heavy atom. The van der Waals surface area contributed by atoms with E-state index >= 15 is 0 Å². The van der Waals surface area contributed by atoms with Crippen LogP contribution in [0.4, 0.5) is 0 Å². The number of piperidine rings is 1. The van der Waals surface area contributed by atoms with E-state index in [0.717, 1.165) is 32.6 Å². The van der Waals surface area contributed by atoms with Crippen LogP contribution in [-0.2, 0) is 9.53 Å². The van der Waals surface area contributed by atoms with Gasteiger partial charge in [-0.1, -0.05) is 26.7 Å². The molecule has 0 aromatic rings. The van der Waals surface area contributed by atoms with Crippen LogP contribution in [-0.4, -0.2) is 84.7 Å². The Bertz CT molecular complexity index is 480. The standard InChI is InChI=1S/C23H43N3O2/c1-18(2)22(26-14-19(3)28-20(4)15-26)23(27)25-13-9-10-21(17-25)16-24-11-7-5-6-8-12-24/h18-22H,5-17H2,1-4H3. The smallest absolute Gasteiger partial charge is 0.240 e. The van der Waals surface area contributed by atoms with Crippen LogP contribution in [0.15, 0.2) is 0 Å². The van der Waals surface area contributed by atoms with Gasteiger partial charge in [0.15, 0.2) is 0 Å². The second kappa shape index (κ2) is 10.4. The molecule has 3 aliphatic heterocycles. The summed E-state index contributed by atoms with van der Waals surface area (Å²) in [5.41, 5.74) is 0. The van der Waals surface area contributed by atoms with Crippen LogP contribution in [0.2, 0.25) is 0 Å². The van der Waals surface area contributed by atoms with Crippen LogP contribution in [0.25, 0.3) is 0 Å². The van der Waals surface area contributed by atoms with Crippen LogP contribution in [0.3, 0.4) is 0 Å². The molecule has 3 aliphatic rings. The van der Waals surface area contributed by atoms with Crippen molar-refractivity contribution >= 4 is 5.91 Å². The molecule has 3 heterocycles. The minimum atomic E-state index is -0.00858. The highest BCUT2D eigenvalue weighted by molar-refractivity contribution is 5.82. The third kappa shape index (κ3) is 5.93. The lowest BCUT2D eigenvalue weighted by molar-refractivity contribution is -0.147. The lowest BCUT2D eigenvalue weighted by Gasteiger charge is -2.44. The molecule has 0 aliphatic carbocycles. The van der Waals surface area contributed by atoms with E-state index in [1.54, 1.807) is 0 Å². The first-order valence-corrected chi connectivity index (χ1v) is 11.8. The highest BCUT2D eigenvalue weighted by atomic mass is 16.5. The number of amides is 1. The van der Waals surface area contributed by atoms with Gasteiger partial charge in [-0.25, -0.2) is 0 Å². The molecule has 4 atom stereocenters. The summed E-state index contributed by atoms with van der Waals surface area (Å²) in [6, 6.07) is -0.00858. The summed E-state index contributed by atoms with van der Waals surface area (Å²) < 4.78 is 5.91. The van der Waals surface area contributed by atoms with Crippen LogP contribution in [0.5, 0.6) is 0 Å². The number of hydrogen-bond acceptors (Lipinski definition) is 4. The molecule has 0 saturated carbocycles. The van der Waals surface area contributed by atoms with Crippen LogP contribution in [0.1, 0.15) is 66.2 Å². The minimum Gasteiger partial charge on any atom is -0.373 e. The maximum atomic E-state index is 13.6. The van der Waals surface area contributed by atoms with Gasteiger partial charge in [-0.2, -0.15) is 0 Å². The number of likely N-dealkylation sites (tertiary alicyclic amines) is 2. The molecule has 0 radical (unpaired) electrons. The van der Waals surface area contributed by atoms with E-state index in [9.17, 15) is 4.79 Å². The molecule has 3 fully saturated rings. The topological polar surface area (TPSA) is 36.0 Å². The molecular weight excluding hydrogens is 350 g/mol. The minimum absolute atomic E-state index is 0.00858. The van der Waals surface area contributed by atoms with E-state index in [1.807, 2.05) is 0 Å². The normalized spacial score (nSPS) is 32.3. The number of hydrogen-bond donors (Lipinski definition) is 0. The zero-order valence-electron chi connectivity index (χ0n) is 18.7. The van der Waals surface area contributed by atoms with Crippen molar-refractivity contribution in [2.24, 2.45) is 11.8 Å². The lowest BCUT2D eigenvalue weighted by Crippen LogP contribution is -2.59. The fraction of sp³-hybridized carbons (Fsp3) is 0.957. The van der Waals surface area contributed by atoms with E-state index in [2.05, 4.69) is 42.4 Å². The van der Waals surface area contributed by atoms with Crippen LogP contribution in [0, 0.1) is 11.8 Å². The van der Waals surface area contributed by atoms with E-state index in [0.29, 0.717) is 17.7 Å². The molecule has 28 heavy (non-hydrogen) atoms. The quantitative estimate of drug-likeness (QED) is 0.718. The Morgan fingerprint density at radius 1 is 0.929 bits per heavy atom. The van der Waals surface area contributed by atoms with Crippen molar-refractivity contribution in [3.05, 3.63) is 0 Å². The van der Waals surface area contributed by atoms with E-state index < -0.39 is 0 Å². The predicted molar refractivity (Wildman–Crippen MR) is 114 cm³/mol. The third-order valence-corrected chi connectivity index (χ3v) is 6.77. The van der Waals surface area contributed by atoms with Gasteiger partial charge < -0.3 is 14.5 Å². The van der Waals surface area contributed by atoms with Gasteiger partial charge in [0.1, 0.15) is 0 Å². The number of nitrogens with zero attached hydrogens (tertiary/aromatic N) is 3. The summed E-state index contributed by atoms with van der Waals surface area (Å²) in [4.78, 5) is 20.8. The highest BCUT2D eigenvalue weighted by Gasteiger charge is 2.37. The maximum Gasteiger partial charge on any atom is 0.240 e. The fourth-order valence-corrected chi connectivity index (χ4v) is 5.59. The Balaban J connectivity index is 1.60. The van der Waals surface area contributed by atoms with Crippen molar-refractivity contribution in [1.29, 1.82) is 0 Å².